The van der Waals surface area contributed by atoms with Gasteiger partial charge in [0, 0.05) is 0 Å². The van der Waals surface area contributed by atoms with Crippen molar-refractivity contribution in [1.29, 1.82) is 0 Å². The summed E-state index contributed by atoms with van der Waals surface area (Å²) in [6.07, 6.45) is 0. The van der Waals surface area contributed by atoms with Gasteiger partial charge in [-0.1, -0.05) is 11.3 Å². The molecule has 0 radical (unpaired) electrons. The molecule has 3 rings (SSSR count). The number of ether oxygens (including phenoxy) is 2. The van der Waals surface area contributed by atoms with Gasteiger partial charge in [-0.3, -0.25) is 9.59 Å². The predicted molar refractivity (Wildman–Crippen MR) is 101 cm³/mol. The second-order valence-electron chi connectivity index (χ2n) is 5.85. The van der Waals surface area contributed by atoms with Crippen molar-refractivity contribution < 1.29 is 23.5 Å². The van der Waals surface area contributed by atoms with Crippen LogP contribution >= 0.6 is 11.3 Å². The Balaban J connectivity index is 2.13. The number of thiazole rings is 1. The third-order valence-electron chi connectivity index (χ3n) is 3.95. The zero-order valence-electron chi connectivity index (χ0n) is 15.6. The predicted octanol–water partition coefficient (Wildman–Crippen LogP) is 3.23. The first-order chi connectivity index (χ1) is 12.9. The van der Waals surface area contributed by atoms with Gasteiger partial charge in [0.1, 0.15) is 23.8 Å². The molecule has 7 nitrogen and oxygen atoms in total. The van der Waals surface area contributed by atoms with E-state index in [1.165, 1.54) is 11.3 Å². The Hall–Kier alpha value is -2.87. The number of aromatic nitrogens is 1. The highest BCUT2D eigenvalue weighted by molar-refractivity contribution is 7.16. The molecule has 0 unspecified atom stereocenters. The van der Waals surface area contributed by atoms with Crippen LogP contribution in [0.3, 0.4) is 0 Å². The lowest BCUT2D eigenvalue weighted by molar-refractivity contribution is -0.143. The van der Waals surface area contributed by atoms with Gasteiger partial charge in [0.2, 0.25) is 0 Å². The quantitative estimate of drug-likeness (QED) is 0.627. The van der Waals surface area contributed by atoms with Crippen LogP contribution in [0.5, 0.6) is 5.75 Å². The smallest absolute Gasteiger partial charge is 0.326 e. The van der Waals surface area contributed by atoms with Crippen molar-refractivity contribution in [1.82, 2.24) is 4.57 Å². The molecule has 0 atom stereocenters. The standard InChI is InChI=1S/C19H20N2O5S/c1-5-25-17(22)10-21-15-7-6-13(24-4)9-16(15)27-19(21)20-18(23)14-8-11(2)26-12(14)3/h6-9H,5,10H2,1-4H3. The summed E-state index contributed by atoms with van der Waals surface area (Å²) in [5.74, 6) is 1.04. The molecule has 0 bridgehead atoms. The molecule has 0 saturated heterocycles. The summed E-state index contributed by atoms with van der Waals surface area (Å²) in [7, 11) is 1.58. The van der Waals surface area contributed by atoms with Crippen LogP contribution in [0.25, 0.3) is 10.2 Å². The molecule has 142 valence electrons. The number of amides is 1. The largest absolute Gasteiger partial charge is 0.497 e. The minimum atomic E-state index is -0.416. The van der Waals surface area contributed by atoms with Gasteiger partial charge >= 0.3 is 5.97 Å². The van der Waals surface area contributed by atoms with Gasteiger partial charge in [0.05, 0.1) is 29.5 Å². The molecule has 0 spiro atoms. The fourth-order valence-corrected chi connectivity index (χ4v) is 3.80. The second kappa shape index (κ2) is 7.79. The Kier molecular flexibility index (Phi) is 5.46. The molecular formula is C19H20N2O5S. The zero-order valence-corrected chi connectivity index (χ0v) is 16.4. The molecule has 8 heteroatoms. The Labute approximate surface area is 159 Å². The van der Waals surface area contributed by atoms with Crippen LogP contribution in [0.2, 0.25) is 0 Å². The number of methoxy groups -OCH3 is 1. The van der Waals surface area contributed by atoms with Gasteiger partial charge in [-0.2, -0.15) is 4.99 Å². The van der Waals surface area contributed by atoms with E-state index in [1.807, 2.05) is 12.1 Å². The minimum absolute atomic E-state index is 0.0321. The van der Waals surface area contributed by atoms with Crippen molar-refractivity contribution in [3.05, 3.63) is 46.2 Å². The monoisotopic (exact) mass is 388 g/mol. The number of nitrogens with zero attached hydrogens (tertiary/aromatic N) is 2. The average molecular weight is 388 g/mol. The van der Waals surface area contributed by atoms with Crippen molar-refractivity contribution in [2.75, 3.05) is 13.7 Å². The highest BCUT2D eigenvalue weighted by Crippen LogP contribution is 2.23. The molecule has 27 heavy (non-hydrogen) atoms. The number of furan rings is 1. The van der Waals surface area contributed by atoms with E-state index >= 15 is 0 Å². The third-order valence-corrected chi connectivity index (χ3v) is 4.99. The van der Waals surface area contributed by atoms with Gasteiger partial charge in [0.15, 0.2) is 4.80 Å². The summed E-state index contributed by atoms with van der Waals surface area (Å²) in [5.41, 5.74) is 1.19. The summed E-state index contributed by atoms with van der Waals surface area (Å²) in [5, 5.41) is 0. The molecule has 0 aliphatic carbocycles. The summed E-state index contributed by atoms with van der Waals surface area (Å²) in [6, 6.07) is 7.14. The molecule has 3 aromatic rings. The van der Waals surface area contributed by atoms with E-state index in [-0.39, 0.29) is 13.2 Å². The van der Waals surface area contributed by atoms with Crippen molar-refractivity contribution >= 4 is 33.4 Å². The Bertz CT molecular complexity index is 1070. The molecule has 0 aliphatic heterocycles. The molecule has 0 N–H and O–H groups in total. The van der Waals surface area contributed by atoms with Crippen molar-refractivity contribution in [2.45, 2.75) is 27.3 Å². The first-order valence-corrected chi connectivity index (χ1v) is 9.23. The average Bonchev–Trinajstić information content (AvgIpc) is 3.14. The van der Waals surface area contributed by atoms with Gasteiger partial charge in [-0.05, 0) is 45.0 Å². The van der Waals surface area contributed by atoms with Crippen LogP contribution in [0.1, 0.15) is 28.8 Å². The topological polar surface area (TPSA) is 83.0 Å². The fourth-order valence-electron chi connectivity index (χ4n) is 2.74. The molecular weight excluding hydrogens is 368 g/mol. The lowest BCUT2D eigenvalue weighted by Crippen LogP contribution is -2.23. The molecule has 0 aliphatic rings. The van der Waals surface area contributed by atoms with E-state index in [2.05, 4.69) is 4.99 Å². The van der Waals surface area contributed by atoms with Crippen molar-refractivity contribution in [3.8, 4) is 5.75 Å². The van der Waals surface area contributed by atoms with Gasteiger partial charge in [-0.15, -0.1) is 0 Å². The van der Waals surface area contributed by atoms with Gasteiger partial charge in [0.25, 0.3) is 5.91 Å². The molecule has 2 heterocycles. The zero-order chi connectivity index (χ0) is 19.6. The molecule has 1 amide bonds. The molecule has 0 fully saturated rings. The second-order valence-corrected chi connectivity index (χ2v) is 6.86. The van der Waals surface area contributed by atoms with E-state index in [9.17, 15) is 9.59 Å². The number of rotatable bonds is 5. The fraction of sp³-hybridized carbons (Fsp3) is 0.316. The molecule has 1 aromatic carbocycles. The van der Waals surface area contributed by atoms with Crippen LogP contribution < -0.4 is 9.54 Å². The number of fused-ring (bicyclic) bond motifs is 1. The SMILES string of the molecule is CCOC(=O)Cn1c(=NC(=O)c2cc(C)oc2C)sc2cc(OC)ccc21. The number of benzene rings is 1. The third kappa shape index (κ3) is 3.95. The van der Waals surface area contributed by atoms with Crippen LogP contribution in [-0.2, 0) is 16.1 Å². The summed E-state index contributed by atoms with van der Waals surface area (Å²) in [4.78, 5) is 29.3. The first kappa shape index (κ1) is 18.9. The lowest BCUT2D eigenvalue weighted by atomic mass is 10.2. The number of esters is 1. The van der Waals surface area contributed by atoms with Crippen molar-refractivity contribution in [2.24, 2.45) is 4.99 Å². The number of carbonyl (C=O) groups is 2. The maximum Gasteiger partial charge on any atom is 0.326 e. The lowest BCUT2D eigenvalue weighted by Gasteiger charge is -2.05. The Morgan fingerprint density at radius 1 is 1.26 bits per heavy atom. The summed E-state index contributed by atoms with van der Waals surface area (Å²) < 4.78 is 18.3. The number of hydrogen-bond acceptors (Lipinski definition) is 6. The number of aryl methyl sites for hydroxylation is 2. The van der Waals surface area contributed by atoms with E-state index < -0.39 is 11.9 Å². The Morgan fingerprint density at radius 2 is 2.04 bits per heavy atom. The summed E-state index contributed by atoms with van der Waals surface area (Å²) in [6.45, 7) is 5.50. The number of carbonyl (C=O) groups excluding carboxylic acids is 2. The summed E-state index contributed by atoms with van der Waals surface area (Å²) >= 11 is 1.31. The van der Waals surface area contributed by atoms with Crippen LogP contribution in [0, 0.1) is 13.8 Å². The van der Waals surface area contributed by atoms with Crippen LogP contribution in [0.15, 0.2) is 33.7 Å². The number of hydrogen-bond donors (Lipinski definition) is 0. The van der Waals surface area contributed by atoms with Crippen molar-refractivity contribution in [3.63, 3.8) is 0 Å². The first-order valence-electron chi connectivity index (χ1n) is 8.42. The molecule has 2 aromatic heterocycles. The van der Waals surface area contributed by atoms with Gasteiger partial charge < -0.3 is 18.5 Å². The van der Waals surface area contributed by atoms with E-state index in [4.69, 9.17) is 13.9 Å². The van der Waals surface area contributed by atoms with Crippen LogP contribution in [0.4, 0.5) is 0 Å². The normalized spacial score (nSPS) is 11.8. The van der Waals surface area contributed by atoms with E-state index in [0.717, 1.165) is 10.2 Å². The minimum Gasteiger partial charge on any atom is -0.497 e. The maximum atomic E-state index is 12.6. The highest BCUT2D eigenvalue weighted by atomic mass is 32.1. The van der Waals surface area contributed by atoms with Gasteiger partial charge in [-0.25, -0.2) is 0 Å². The molecule has 0 saturated carbocycles. The van der Waals surface area contributed by atoms with E-state index in [1.54, 1.807) is 44.6 Å². The highest BCUT2D eigenvalue weighted by Gasteiger charge is 2.16. The van der Waals surface area contributed by atoms with E-state index in [0.29, 0.717) is 27.6 Å². The van der Waals surface area contributed by atoms with Crippen LogP contribution in [-0.4, -0.2) is 30.2 Å². The Morgan fingerprint density at radius 3 is 2.67 bits per heavy atom. The maximum absolute atomic E-state index is 12.6.